The third kappa shape index (κ3) is 3.12. The predicted molar refractivity (Wildman–Crippen MR) is 93.9 cm³/mol. The summed E-state index contributed by atoms with van der Waals surface area (Å²) in [6.45, 7) is 7.90. The van der Waals surface area contributed by atoms with Crippen LogP contribution in [0.3, 0.4) is 0 Å². The van der Waals surface area contributed by atoms with Crippen molar-refractivity contribution in [2.75, 3.05) is 5.75 Å². The molecule has 7 heteroatoms. The molecule has 0 radical (unpaired) electrons. The van der Waals surface area contributed by atoms with Crippen molar-refractivity contribution >= 4 is 17.5 Å². The Kier molecular flexibility index (Phi) is 4.53. The number of nitrogens with zero attached hydrogens (tertiary/aromatic N) is 4. The van der Waals surface area contributed by atoms with E-state index in [4.69, 9.17) is 0 Å². The van der Waals surface area contributed by atoms with Gasteiger partial charge in [-0.2, -0.15) is 4.68 Å². The molecule has 0 saturated heterocycles. The number of H-pyrrole nitrogens is 1. The van der Waals surface area contributed by atoms with E-state index in [0.29, 0.717) is 10.9 Å². The molecule has 0 spiro atoms. The molecular weight excluding hydrogens is 322 g/mol. The van der Waals surface area contributed by atoms with Crippen LogP contribution in [0.2, 0.25) is 0 Å². The first-order valence-corrected chi connectivity index (χ1v) is 8.63. The molecule has 0 aliphatic carbocycles. The summed E-state index contributed by atoms with van der Waals surface area (Å²) in [5, 5.41) is 12.6. The largest absolute Gasteiger partial charge is 0.362 e. The van der Waals surface area contributed by atoms with Crippen molar-refractivity contribution in [1.82, 2.24) is 25.2 Å². The number of aromatic amines is 1. The molecule has 0 aliphatic rings. The zero-order chi connectivity index (χ0) is 17.3. The monoisotopic (exact) mass is 341 g/mol. The molecule has 0 unspecified atom stereocenters. The van der Waals surface area contributed by atoms with Crippen molar-refractivity contribution in [1.29, 1.82) is 0 Å². The van der Waals surface area contributed by atoms with Gasteiger partial charge in [0.1, 0.15) is 0 Å². The van der Waals surface area contributed by atoms with Gasteiger partial charge in [0.25, 0.3) is 0 Å². The Balaban J connectivity index is 1.82. The van der Waals surface area contributed by atoms with Crippen LogP contribution in [0.1, 0.15) is 32.9 Å². The number of thioether (sulfide) groups is 1. The smallest absolute Gasteiger partial charge is 0.214 e. The fraction of sp³-hybridized carbons (Fsp3) is 0.294. The van der Waals surface area contributed by atoms with Gasteiger partial charge in [0.15, 0.2) is 5.78 Å². The number of hydrogen-bond donors (Lipinski definition) is 1. The third-order valence-electron chi connectivity index (χ3n) is 3.87. The summed E-state index contributed by atoms with van der Waals surface area (Å²) < 4.78 is 1.71. The van der Waals surface area contributed by atoms with E-state index in [1.54, 1.807) is 4.68 Å². The van der Waals surface area contributed by atoms with E-state index >= 15 is 0 Å². The maximum Gasteiger partial charge on any atom is 0.214 e. The zero-order valence-electron chi connectivity index (χ0n) is 14.1. The molecule has 0 aliphatic heterocycles. The van der Waals surface area contributed by atoms with Crippen molar-refractivity contribution in [3.8, 4) is 5.69 Å². The van der Waals surface area contributed by atoms with Crippen molar-refractivity contribution < 1.29 is 4.79 Å². The fourth-order valence-corrected chi connectivity index (χ4v) is 3.53. The van der Waals surface area contributed by atoms with Gasteiger partial charge in [0, 0.05) is 17.0 Å². The number of rotatable bonds is 5. The predicted octanol–water partition coefficient (Wildman–Crippen LogP) is 3.20. The summed E-state index contributed by atoms with van der Waals surface area (Å²) in [4.78, 5) is 15.6. The van der Waals surface area contributed by atoms with E-state index in [1.807, 2.05) is 52.0 Å². The highest BCUT2D eigenvalue weighted by Gasteiger charge is 2.17. The second-order valence-electron chi connectivity index (χ2n) is 5.82. The third-order valence-corrected chi connectivity index (χ3v) is 4.79. The molecule has 0 fully saturated rings. The number of carbonyl (C=O) groups is 1. The summed E-state index contributed by atoms with van der Waals surface area (Å²) in [5.41, 5.74) is 5.76. The molecule has 2 heterocycles. The van der Waals surface area contributed by atoms with E-state index in [9.17, 15) is 4.79 Å². The highest BCUT2D eigenvalue weighted by Crippen LogP contribution is 2.24. The first-order chi connectivity index (χ1) is 11.5. The van der Waals surface area contributed by atoms with Crippen molar-refractivity contribution in [3.63, 3.8) is 0 Å². The van der Waals surface area contributed by atoms with E-state index in [2.05, 4.69) is 20.5 Å². The lowest BCUT2D eigenvalue weighted by atomic mass is 10.1. The Morgan fingerprint density at radius 3 is 2.54 bits per heavy atom. The first-order valence-electron chi connectivity index (χ1n) is 7.64. The Labute approximate surface area is 144 Å². The molecule has 24 heavy (non-hydrogen) atoms. The molecule has 3 rings (SSSR count). The molecule has 0 atom stereocenters. The number of aryl methyl sites for hydroxylation is 4. The van der Waals surface area contributed by atoms with Crippen molar-refractivity contribution in [2.24, 2.45) is 0 Å². The number of para-hydroxylation sites is 1. The molecule has 0 saturated carbocycles. The number of tetrazole rings is 1. The summed E-state index contributed by atoms with van der Waals surface area (Å²) in [6, 6.07) is 7.93. The zero-order valence-corrected chi connectivity index (χ0v) is 14.9. The number of nitrogens with one attached hydrogen (secondary N) is 1. The molecule has 0 bridgehead atoms. The van der Waals surface area contributed by atoms with Crippen molar-refractivity contribution in [3.05, 3.63) is 52.3 Å². The fourth-order valence-electron chi connectivity index (χ4n) is 2.77. The van der Waals surface area contributed by atoms with Crippen LogP contribution in [0.25, 0.3) is 5.69 Å². The normalized spacial score (nSPS) is 11.0. The van der Waals surface area contributed by atoms with Gasteiger partial charge in [0.2, 0.25) is 5.16 Å². The van der Waals surface area contributed by atoms with Gasteiger partial charge in [-0.15, -0.1) is 5.10 Å². The van der Waals surface area contributed by atoms with Gasteiger partial charge in [0.05, 0.1) is 11.4 Å². The highest BCUT2D eigenvalue weighted by atomic mass is 32.2. The Morgan fingerprint density at radius 1 is 1.21 bits per heavy atom. The molecule has 1 aromatic carbocycles. The second-order valence-corrected chi connectivity index (χ2v) is 6.76. The minimum atomic E-state index is 0.0675. The van der Waals surface area contributed by atoms with Gasteiger partial charge >= 0.3 is 0 Å². The SMILES string of the molecule is Cc1cc(C(=O)CSc2nnnn2-c2c(C)cccc2C)c(C)[nH]1. The minimum Gasteiger partial charge on any atom is -0.362 e. The minimum absolute atomic E-state index is 0.0675. The lowest BCUT2D eigenvalue weighted by Crippen LogP contribution is -2.07. The second kappa shape index (κ2) is 6.60. The number of ketones is 1. The summed E-state index contributed by atoms with van der Waals surface area (Å²) in [5.74, 6) is 0.363. The molecule has 0 amide bonds. The van der Waals surface area contributed by atoms with Gasteiger partial charge in [-0.1, -0.05) is 30.0 Å². The molecule has 3 aromatic rings. The lowest BCUT2D eigenvalue weighted by Gasteiger charge is -2.10. The van der Waals surface area contributed by atoms with Crippen LogP contribution in [0.4, 0.5) is 0 Å². The molecular formula is C17H19N5OS. The summed E-state index contributed by atoms with van der Waals surface area (Å²) in [7, 11) is 0. The van der Waals surface area contributed by atoms with Crippen LogP contribution in [-0.4, -0.2) is 36.7 Å². The Morgan fingerprint density at radius 2 is 1.92 bits per heavy atom. The van der Waals surface area contributed by atoms with E-state index in [1.165, 1.54) is 11.8 Å². The quantitative estimate of drug-likeness (QED) is 0.570. The van der Waals surface area contributed by atoms with Crippen LogP contribution in [0.15, 0.2) is 29.4 Å². The average molecular weight is 341 g/mol. The number of carbonyl (C=O) groups excluding carboxylic acids is 1. The molecule has 2 aromatic heterocycles. The van der Waals surface area contributed by atoms with Gasteiger partial charge in [-0.3, -0.25) is 4.79 Å². The Hall–Kier alpha value is -2.41. The maximum absolute atomic E-state index is 12.4. The Bertz CT molecular complexity index is 876. The average Bonchev–Trinajstić information content (AvgIpc) is 3.11. The van der Waals surface area contributed by atoms with E-state index < -0.39 is 0 Å². The van der Waals surface area contributed by atoms with Crippen LogP contribution in [-0.2, 0) is 0 Å². The molecule has 124 valence electrons. The van der Waals surface area contributed by atoms with Crippen molar-refractivity contribution in [2.45, 2.75) is 32.9 Å². The maximum atomic E-state index is 12.4. The van der Waals surface area contributed by atoms with Gasteiger partial charge < -0.3 is 4.98 Å². The van der Waals surface area contributed by atoms with Gasteiger partial charge in [-0.25, -0.2) is 0 Å². The van der Waals surface area contributed by atoms with E-state index in [0.717, 1.165) is 33.8 Å². The van der Waals surface area contributed by atoms with E-state index in [-0.39, 0.29) is 5.78 Å². The molecule has 6 nitrogen and oxygen atoms in total. The summed E-state index contributed by atoms with van der Waals surface area (Å²) >= 11 is 1.35. The first kappa shape index (κ1) is 16.4. The standard InChI is InChI=1S/C17H19N5OS/c1-10-6-5-7-11(2)16(10)22-17(19-20-21-22)24-9-15(23)14-8-12(3)18-13(14)4/h5-8,18H,9H2,1-4H3. The lowest BCUT2D eigenvalue weighted by molar-refractivity contribution is 0.102. The number of benzene rings is 1. The highest BCUT2D eigenvalue weighted by molar-refractivity contribution is 7.99. The van der Waals surface area contributed by atoms with Crippen LogP contribution >= 0.6 is 11.8 Å². The van der Waals surface area contributed by atoms with Crippen LogP contribution in [0, 0.1) is 27.7 Å². The topological polar surface area (TPSA) is 76.5 Å². The summed E-state index contributed by atoms with van der Waals surface area (Å²) in [6.07, 6.45) is 0. The number of aromatic nitrogens is 5. The molecule has 1 N–H and O–H groups in total. The van der Waals surface area contributed by atoms with Gasteiger partial charge in [-0.05, 0) is 55.3 Å². The number of Topliss-reactive ketones (excluding diaryl/α,β-unsaturated/α-hetero) is 1. The van der Waals surface area contributed by atoms with Crippen LogP contribution < -0.4 is 0 Å². The van der Waals surface area contributed by atoms with Crippen LogP contribution in [0.5, 0.6) is 0 Å². The number of hydrogen-bond acceptors (Lipinski definition) is 5.